The quantitative estimate of drug-likeness (QED) is 0.396. The molecule has 8 heteroatoms. The molecule has 1 unspecified atom stereocenters. The first-order chi connectivity index (χ1) is 16.6. The molecule has 0 radical (unpaired) electrons. The molecule has 3 aromatic rings. The van der Waals surface area contributed by atoms with Crippen molar-refractivity contribution in [1.82, 2.24) is 15.1 Å². The molecular weight excluding hydrogens is 462 g/mol. The summed E-state index contributed by atoms with van der Waals surface area (Å²) in [5.74, 6) is 0.230. The van der Waals surface area contributed by atoms with Gasteiger partial charge in [-0.2, -0.15) is 9.78 Å². The topological polar surface area (TPSA) is 98.1 Å². The van der Waals surface area contributed by atoms with Gasteiger partial charge in [0.05, 0.1) is 4.90 Å². The van der Waals surface area contributed by atoms with Crippen LogP contribution in [0, 0.1) is 12.8 Å². The number of nitrogens with zero attached hydrogens (tertiary/aromatic N) is 2. The molecular formula is C27H33N3O4S. The standard InChI is InChI=1S/C27H33N3O4S/c1-5-7-21(12-14-28-27(32)30-15-13-26(29-30)20(3)31)17-22-10-11-24(16-19(22)2)23-8-6-9-25(18-23)35(4,33)34/h6,8-11,13,15-16,18,21H,5,7,12,14,17H2,1-4H3,(H,28,32). The number of hydrogen-bond acceptors (Lipinski definition) is 5. The number of amides is 1. The maximum Gasteiger partial charge on any atom is 0.342 e. The SMILES string of the molecule is CCCC(CCNC(=O)n1ccc(C(C)=O)n1)Cc1ccc(-c2cccc(S(C)(=O)=O)c2)cc1C. The summed E-state index contributed by atoms with van der Waals surface area (Å²) in [6.07, 6.45) is 6.54. The number of nitrogens with one attached hydrogen (secondary N) is 1. The van der Waals surface area contributed by atoms with Crippen molar-refractivity contribution in [3.63, 3.8) is 0 Å². The Kier molecular flexibility index (Phi) is 8.62. The number of hydrogen-bond donors (Lipinski definition) is 1. The van der Waals surface area contributed by atoms with Gasteiger partial charge >= 0.3 is 6.03 Å². The van der Waals surface area contributed by atoms with Gasteiger partial charge < -0.3 is 5.32 Å². The molecule has 1 heterocycles. The highest BCUT2D eigenvalue weighted by atomic mass is 32.2. The smallest absolute Gasteiger partial charge is 0.336 e. The lowest BCUT2D eigenvalue weighted by atomic mass is 9.89. The zero-order chi connectivity index (χ0) is 25.6. The second-order valence-corrected chi connectivity index (χ2v) is 11.0. The van der Waals surface area contributed by atoms with Gasteiger partial charge in [0.25, 0.3) is 0 Å². The molecule has 1 amide bonds. The third kappa shape index (κ3) is 7.11. The van der Waals surface area contributed by atoms with Crippen LogP contribution in [0.1, 0.15) is 54.7 Å². The Morgan fingerprint density at radius 3 is 2.43 bits per heavy atom. The van der Waals surface area contributed by atoms with Gasteiger partial charge in [-0.25, -0.2) is 13.2 Å². The van der Waals surface area contributed by atoms with Gasteiger partial charge in [0.2, 0.25) is 0 Å². The average molecular weight is 496 g/mol. The van der Waals surface area contributed by atoms with E-state index in [0.717, 1.165) is 47.1 Å². The van der Waals surface area contributed by atoms with E-state index in [9.17, 15) is 18.0 Å². The van der Waals surface area contributed by atoms with Crippen LogP contribution in [0.25, 0.3) is 11.1 Å². The van der Waals surface area contributed by atoms with Crippen LogP contribution in [0.5, 0.6) is 0 Å². The van der Waals surface area contributed by atoms with Crippen molar-refractivity contribution in [2.75, 3.05) is 12.8 Å². The van der Waals surface area contributed by atoms with Crippen LogP contribution < -0.4 is 5.32 Å². The molecule has 7 nitrogen and oxygen atoms in total. The number of rotatable bonds is 10. The summed E-state index contributed by atoms with van der Waals surface area (Å²) in [5.41, 5.74) is 4.54. The lowest BCUT2D eigenvalue weighted by Crippen LogP contribution is -2.31. The molecule has 186 valence electrons. The Balaban J connectivity index is 1.64. The van der Waals surface area contributed by atoms with Gasteiger partial charge in [-0.05, 0) is 66.1 Å². The van der Waals surface area contributed by atoms with Crippen LogP contribution in [0.15, 0.2) is 59.6 Å². The lowest BCUT2D eigenvalue weighted by molar-refractivity contribution is 0.101. The fraction of sp³-hybridized carbons (Fsp3) is 0.370. The molecule has 0 fully saturated rings. The molecule has 0 aliphatic heterocycles. The van der Waals surface area contributed by atoms with E-state index in [0.29, 0.717) is 17.4 Å². The second-order valence-electron chi connectivity index (χ2n) is 9.02. The third-order valence-electron chi connectivity index (χ3n) is 6.13. The van der Waals surface area contributed by atoms with E-state index in [-0.39, 0.29) is 17.5 Å². The molecule has 0 saturated carbocycles. The van der Waals surface area contributed by atoms with Gasteiger partial charge in [0.15, 0.2) is 15.6 Å². The highest BCUT2D eigenvalue weighted by Gasteiger charge is 2.14. The van der Waals surface area contributed by atoms with Crippen LogP contribution in [-0.4, -0.2) is 42.8 Å². The minimum absolute atomic E-state index is 0.177. The van der Waals surface area contributed by atoms with Crippen LogP contribution >= 0.6 is 0 Å². The van der Waals surface area contributed by atoms with Gasteiger partial charge in [-0.1, -0.05) is 50.1 Å². The summed E-state index contributed by atoms with van der Waals surface area (Å²) in [7, 11) is -3.26. The molecule has 1 N–H and O–H groups in total. The number of carbonyl (C=O) groups is 2. The summed E-state index contributed by atoms with van der Waals surface area (Å²) in [5, 5.41) is 6.89. The van der Waals surface area contributed by atoms with Gasteiger partial charge in [-0.15, -0.1) is 0 Å². The molecule has 0 bridgehead atoms. The summed E-state index contributed by atoms with van der Waals surface area (Å²) in [6.45, 7) is 6.17. The van der Waals surface area contributed by atoms with Crippen molar-refractivity contribution in [3.05, 3.63) is 71.5 Å². The number of aryl methyl sites for hydroxylation is 1. The number of ketones is 1. The molecule has 35 heavy (non-hydrogen) atoms. The fourth-order valence-electron chi connectivity index (χ4n) is 4.17. The van der Waals surface area contributed by atoms with E-state index in [1.54, 1.807) is 18.2 Å². The Morgan fingerprint density at radius 1 is 1.06 bits per heavy atom. The number of carbonyl (C=O) groups excluding carboxylic acids is 2. The summed E-state index contributed by atoms with van der Waals surface area (Å²) in [6, 6.07) is 14.5. The maximum atomic E-state index is 12.3. The van der Waals surface area contributed by atoms with E-state index >= 15 is 0 Å². The first kappa shape index (κ1) is 26.3. The minimum atomic E-state index is -3.26. The van der Waals surface area contributed by atoms with Crippen LogP contribution in [0.3, 0.4) is 0 Å². The van der Waals surface area contributed by atoms with E-state index in [2.05, 4.69) is 36.4 Å². The summed E-state index contributed by atoms with van der Waals surface area (Å²) in [4.78, 5) is 24.0. The Morgan fingerprint density at radius 2 is 1.80 bits per heavy atom. The van der Waals surface area contributed by atoms with Crippen molar-refractivity contribution in [3.8, 4) is 11.1 Å². The van der Waals surface area contributed by atoms with Gasteiger partial charge in [0, 0.05) is 25.9 Å². The van der Waals surface area contributed by atoms with E-state index in [1.807, 2.05) is 12.1 Å². The predicted molar refractivity (Wildman–Crippen MR) is 137 cm³/mol. The molecule has 0 aliphatic carbocycles. The summed E-state index contributed by atoms with van der Waals surface area (Å²) < 4.78 is 25.0. The van der Waals surface area contributed by atoms with Gasteiger partial charge in [0.1, 0.15) is 5.69 Å². The van der Waals surface area contributed by atoms with Crippen LogP contribution in [0.4, 0.5) is 4.79 Å². The first-order valence-electron chi connectivity index (χ1n) is 11.8. The molecule has 1 aromatic heterocycles. The first-order valence-corrected chi connectivity index (χ1v) is 13.7. The van der Waals surface area contributed by atoms with Crippen molar-refractivity contribution >= 4 is 21.7 Å². The predicted octanol–water partition coefficient (Wildman–Crippen LogP) is 5.07. The van der Waals surface area contributed by atoms with Crippen molar-refractivity contribution in [2.45, 2.75) is 51.3 Å². The van der Waals surface area contributed by atoms with Crippen LogP contribution in [-0.2, 0) is 16.3 Å². The Hall–Kier alpha value is -3.26. The molecule has 1 atom stereocenters. The van der Waals surface area contributed by atoms with E-state index < -0.39 is 9.84 Å². The fourth-order valence-corrected chi connectivity index (χ4v) is 4.83. The average Bonchev–Trinajstić information content (AvgIpc) is 3.31. The Bertz CT molecular complexity index is 1310. The number of Topliss-reactive ketones (excluding diaryl/α,β-unsaturated/α-hetero) is 1. The van der Waals surface area contributed by atoms with E-state index in [4.69, 9.17) is 0 Å². The molecule has 0 spiro atoms. The highest BCUT2D eigenvalue weighted by Crippen LogP contribution is 2.27. The molecule has 2 aromatic carbocycles. The van der Waals surface area contributed by atoms with Crippen molar-refractivity contribution < 1.29 is 18.0 Å². The van der Waals surface area contributed by atoms with E-state index in [1.165, 1.54) is 31.0 Å². The number of sulfone groups is 1. The number of benzene rings is 2. The minimum Gasteiger partial charge on any atom is -0.336 e. The number of aromatic nitrogens is 2. The normalized spacial score (nSPS) is 12.3. The van der Waals surface area contributed by atoms with Crippen molar-refractivity contribution in [2.24, 2.45) is 5.92 Å². The lowest BCUT2D eigenvalue weighted by Gasteiger charge is -2.18. The zero-order valence-electron chi connectivity index (χ0n) is 20.7. The second kappa shape index (κ2) is 11.4. The molecule has 0 aliphatic rings. The van der Waals surface area contributed by atoms with Crippen molar-refractivity contribution in [1.29, 1.82) is 0 Å². The molecule has 3 rings (SSSR count). The largest absolute Gasteiger partial charge is 0.342 e. The maximum absolute atomic E-state index is 12.3. The Labute approximate surface area is 207 Å². The summed E-state index contributed by atoms with van der Waals surface area (Å²) >= 11 is 0. The highest BCUT2D eigenvalue weighted by molar-refractivity contribution is 7.90. The van der Waals surface area contributed by atoms with Crippen LogP contribution in [0.2, 0.25) is 0 Å². The zero-order valence-corrected chi connectivity index (χ0v) is 21.6. The molecule has 0 saturated heterocycles. The third-order valence-corrected chi connectivity index (χ3v) is 7.24. The monoisotopic (exact) mass is 495 g/mol. The van der Waals surface area contributed by atoms with Gasteiger partial charge in [-0.3, -0.25) is 4.79 Å².